The largest absolute Gasteiger partial charge is 0.461 e. The lowest BCUT2D eigenvalue weighted by atomic mass is 10.2. The molecule has 2 atom stereocenters. The number of anilines is 1. The number of hydrogen-bond donors (Lipinski definition) is 1. The van der Waals surface area contributed by atoms with E-state index in [-0.39, 0.29) is 53.2 Å². The average Bonchev–Trinajstić information content (AvgIpc) is 3.16. The number of esters is 1. The first-order valence-corrected chi connectivity index (χ1v) is 11.7. The van der Waals surface area contributed by atoms with Crippen molar-refractivity contribution < 1.29 is 27.5 Å². The number of sulfonamides is 1. The molecule has 1 fully saturated rings. The Labute approximate surface area is 179 Å². The van der Waals surface area contributed by atoms with Gasteiger partial charge in [0.1, 0.15) is 0 Å². The third-order valence-corrected chi connectivity index (χ3v) is 6.95. The fourth-order valence-electron chi connectivity index (χ4n) is 3.05. The molecule has 1 aromatic carbocycles. The molecule has 0 aliphatic carbocycles. The van der Waals surface area contributed by atoms with Crippen LogP contribution in [0.15, 0.2) is 34.5 Å². The second kappa shape index (κ2) is 9.21. The van der Waals surface area contributed by atoms with Crippen LogP contribution in [0.4, 0.5) is 5.13 Å². The zero-order valence-corrected chi connectivity index (χ0v) is 18.5. The van der Waals surface area contributed by atoms with Gasteiger partial charge < -0.3 is 9.47 Å². The predicted molar refractivity (Wildman–Crippen MR) is 111 cm³/mol. The highest BCUT2D eigenvalue weighted by Crippen LogP contribution is 2.22. The molecule has 11 heteroatoms. The van der Waals surface area contributed by atoms with Crippen LogP contribution in [-0.2, 0) is 19.5 Å². The van der Waals surface area contributed by atoms with E-state index in [0.717, 1.165) is 11.3 Å². The maximum absolute atomic E-state index is 12.9. The molecule has 0 bridgehead atoms. The van der Waals surface area contributed by atoms with Crippen molar-refractivity contribution in [1.82, 2.24) is 9.29 Å². The van der Waals surface area contributed by atoms with Crippen molar-refractivity contribution in [2.45, 2.75) is 37.9 Å². The zero-order valence-electron chi connectivity index (χ0n) is 16.8. The highest BCUT2D eigenvalue weighted by atomic mass is 32.2. The van der Waals surface area contributed by atoms with E-state index in [2.05, 4.69) is 10.3 Å². The summed E-state index contributed by atoms with van der Waals surface area (Å²) in [5, 5.41) is 4.33. The van der Waals surface area contributed by atoms with Gasteiger partial charge in [-0.25, -0.2) is 18.2 Å². The summed E-state index contributed by atoms with van der Waals surface area (Å²) in [5.41, 5.74) is 0.387. The fraction of sp³-hybridized carbons (Fsp3) is 0.421. The lowest BCUT2D eigenvalue weighted by Gasteiger charge is -2.34. The van der Waals surface area contributed by atoms with Crippen LogP contribution in [0.2, 0.25) is 0 Å². The van der Waals surface area contributed by atoms with E-state index in [0.29, 0.717) is 0 Å². The molecule has 2 heterocycles. The van der Waals surface area contributed by atoms with Crippen LogP contribution in [-0.4, -0.2) is 61.5 Å². The molecule has 1 N–H and O–H groups in total. The van der Waals surface area contributed by atoms with Gasteiger partial charge in [-0.15, -0.1) is 11.3 Å². The van der Waals surface area contributed by atoms with E-state index in [1.54, 1.807) is 6.92 Å². The highest BCUT2D eigenvalue weighted by molar-refractivity contribution is 7.89. The smallest absolute Gasteiger partial charge is 0.357 e. The minimum Gasteiger partial charge on any atom is -0.461 e. The number of morpholine rings is 1. The summed E-state index contributed by atoms with van der Waals surface area (Å²) in [4.78, 5) is 28.2. The third-order valence-electron chi connectivity index (χ3n) is 4.35. The van der Waals surface area contributed by atoms with Crippen molar-refractivity contribution in [3.8, 4) is 0 Å². The minimum absolute atomic E-state index is 0.110. The molecule has 30 heavy (non-hydrogen) atoms. The van der Waals surface area contributed by atoms with Gasteiger partial charge in [-0.2, -0.15) is 4.31 Å². The second-order valence-corrected chi connectivity index (χ2v) is 9.61. The van der Waals surface area contributed by atoms with Crippen molar-refractivity contribution in [1.29, 1.82) is 0 Å². The van der Waals surface area contributed by atoms with Gasteiger partial charge in [0.2, 0.25) is 10.0 Å². The molecule has 9 nitrogen and oxygen atoms in total. The molecule has 1 aliphatic rings. The van der Waals surface area contributed by atoms with Crippen molar-refractivity contribution in [3.05, 3.63) is 40.9 Å². The van der Waals surface area contributed by atoms with Crippen LogP contribution in [0, 0.1) is 0 Å². The van der Waals surface area contributed by atoms with Crippen molar-refractivity contribution >= 4 is 38.4 Å². The molecule has 1 amide bonds. The number of carbonyl (C=O) groups excluding carboxylic acids is 2. The Morgan fingerprint density at radius 1 is 1.23 bits per heavy atom. The Hall–Kier alpha value is -2.34. The SMILES string of the molecule is CCOC(=O)c1csc(NC(=O)c2ccc(S(=O)(=O)N3CC(C)OC(C)C3)cc2)n1. The van der Waals surface area contributed by atoms with Crippen LogP contribution in [0.3, 0.4) is 0 Å². The topological polar surface area (TPSA) is 115 Å². The summed E-state index contributed by atoms with van der Waals surface area (Å²) in [5.74, 6) is -1.02. The van der Waals surface area contributed by atoms with E-state index in [4.69, 9.17) is 9.47 Å². The lowest BCUT2D eigenvalue weighted by molar-refractivity contribution is -0.0440. The number of ether oxygens (including phenoxy) is 2. The number of benzene rings is 1. The Kier molecular flexibility index (Phi) is 6.86. The van der Waals surface area contributed by atoms with Crippen LogP contribution in [0.5, 0.6) is 0 Å². The molecule has 3 rings (SSSR count). The molecule has 0 saturated carbocycles. The molecule has 1 saturated heterocycles. The highest BCUT2D eigenvalue weighted by Gasteiger charge is 2.32. The summed E-state index contributed by atoms with van der Waals surface area (Å²) in [6.45, 7) is 6.14. The quantitative estimate of drug-likeness (QED) is 0.668. The summed E-state index contributed by atoms with van der Waals surface area (Å²) in [6.07, 6.45) is -0.377. The first-order chi connectivity index (χ1) is 14.2. The van der Waals surface area contributed by atoms with E-state index in [1.807, 2.05) is 13.8 Å². The summed E-state index contributed by atoms with van der Waals surface area (Å²) >= 11 is 1.09. The standard InChI is InChI=1S/C19H23N3O6S2/c1-4-27-18(24)16-11-29-19(20-16)21-17(23)14-5-7-15(8-6-14)30(25,26)22-9-12(2)28-13(3)10-22/h5-8,11-13H,4,9-10H2,1-3H3,(H,20,21,23). The third kappa shape index (κ3) is 5.04. The van der Waals surface area contributed by atoms with Crippen molar-refractivity contribution in [2.75, 3.05) is 25.0 Å². The molecule has 1 aliphatic heterocycles. The van der Waals surface area contributed by atoms with Crippen LogP contribution in [0.25, 0.3) is 0 Å². The van der Waals surface area contributed by atoms with Gasteiger partial charge >= 0.3 is 5.97 Å². The first-order valence-electron chi connectivity index (χ1n) is 9.40. The van der Waals surface area contributed by atoms with E-state index in [1.165, 1.54) is 34.0 Å². The van der Waals surface area contributed by atoms with E-state index < -0.39 is 21.9 Å². The Morgan fingerprint density at radius 3 is 2.47 bits per heavy atom. The molecule has 2 aromatic rings. The molecular weight excluding hydrogens is 430 g/mol. The predicted octanol–water partition coefficient (Wildman–Crippen LogP) is 2.37. The van der Waals surface area contributed by atoms with Gasteiger partial charge in [0.15, 0.2) is 10.8 Å². The summed E-state index contributed by atoms with van der Waals surface area (Å²) in [7, 11) is -3.68. The van der Waals surface area contributed by atoms with Gasteiger partial charge in [-0.1, -0.05) is 0 Å². The molecule has 0 spiro atoms. The maximum atomic E-state index is 12.9. The average molecular weight is 454 g/mol. The molecular formula is C19H23N3O6S2. The number of aromatic nitrogens is 1. The second-order valence-electron chi connectivity index (χ2n) is 6.82. The van der Waals surface area contributed by atoms with Crippen LogP contribution in [0.1, 0.15) is 41.6 Å². The summed E-state index contributed by atoms with van der Waals surface area (Å²) < 4.78 is 37.6. The number of rotatable bonds is 6. The maximum Gasteiger partial charge on any atom is 0.357 e. The number of nitrogens with one attached hydrogen (secondary N) is 1. The van der Waals surface area contributed by atoms with Crippen LogP contribution >= 0.6 is 11.3 Å². The van der Waals surface area contributed by atoms with Crippen LogP contribution < -0.4 is 5.32 Å². The summed E-state index contributed by atoms with van der Waals surface area (Å²) in [6, 6.07) is 5.69. The number of thiazole rings is 1. The van der Waals surface area contributed by atoms with E-state index >= 15 is 0 Å². The first kappa shape index (κ1) is 22.3. The zero-order chi connectivity index (χ0) is 21.9. The number of carbonyl (C=O) groups is 2. The fourth-order valence-corrected chi connectivity index (χ4v) is 5.32. The van der Waals surface area contributed by atoms with E-state index in [9.17, 15) is 18.0 Å². The van der Waals surface area contributed by atoms with Gasteiger partial charge in [0.05, 0.1) is 23.7 Å². The number of nitrogens with zero attached hydrogens (tertiary/aromatic N) is 2. The number of amides is 1. The number of hydrogen-bond acceptors (Lipinski definition) is 8. The Balaban J connectivity index is 1.69. The van der Waals surface area contributed by atoms with Gasteiger partial charge in [0, 0.05) is 24.0 Å². The Bertz CT molecular complexity index is 1010. The molecule has 1 aromatic heterocycles. The van der Waals surface area contributed by atoms with Crippen molar-refractivity contribution in [3.63, 3.8) is 0 Å². The monoisotopic (exact) mass is 453 g/mol. The molecule has 162 valence electrons. The minimum atomic E-state index is -3.68. The van der Waals surface area contributed by atoms with Crippen molar-refractivity contribution in [2.24, 2.45) is 0 Å². The molecule has 0 radical (unpaired) electrons. The Morgan fingerprint density at radius 2 is 1.87 bits per heavy atom. The van der Waals surface area contributed by atoms with Gasteiger partial charge in [-0.3, -0.25) is 10.1 Å². The van der Waals surface area contributed by atoms with Gasteiger partial charge in [-0.05, 0) is 45.0 Å². The van der Waals surface area contributed by atoms with Gasteiger partial charge in [0.25, 0.3) is 5.91 Å². The molecule has 2 unspecified atom stereocenters. The normalized spacial score (nSPS) is 20.0. The lowest BCUT2D eigenvalue weighted by Crippen LogP contribution is -2.48.